The van der Waals surface area contributed by atoms with Crippen LogP contribution in [0.15, 0.2) is 24.3 Å². The van der Waals surface area contributed by atoms with E-state index in [0.717, 1.165) is 18.8 Å². The van der Waals surface area contributed by atoms with Crippen molar-refractivity contribution < 1.29 is 0 Å². The molecular weight excluding hydrogens is 208 g/mol. The predicted octanol–water partition coefficient (Wildman–Crippen LogP) is 2.94. The van der Waals surface area contributed by atoms with E-state index in [1.807, 2.05) is 12.1 Å². The standard InChI is InChI=1S/C15H24N2/c1-14(2,3)10-17-11-15(8-9-15)12-4-6-13(16)7-5-12/h4-7,17H,8-11,16H2,1-3H3. The Kier molecular flexibility index (Phi) is 3.17. The van der Waals surface area contributed by atoms with E-state index in [0.29, 0.717) is 10.8 Å². The van der Waals surface area contributed by atoms with Gasteiger partial charge in [0.1, 0.15) is 0 Å². The third kappa shape index (κ3) is 3.22. The van der Waals surface area contributed by atoms with Crippen LogP contribution in [0.3, 0.4) is 0 Å². The molecule has 0 bridgehead atoms. The Morgan fingerprint density at radius 1 is 1.18 bits per heavy atom. The van der Waals surface area contributed by atoms with Crippen LogP contribution in [0.1, 0.15) is 39.2 Å². The molecule has 0 spiro atoms. The summed E-state index contributed by atoms with van der Waals surface area (Å²) in [6.07, 6.45) is 2.60. The highest BCUT2D eigenvalue weighted by Gasteiger charge is 2.43. The zero-order valence-corrected chi connectivity index (χ0v) is 11.2. The lowest BCUT2D eigenvalue weighted by molar-refractivity contribution is 0.370. The summed E-state index contributed by atoms with van der Waals surface area (Å²) in [6, 6.07) is 8.39. The number of nitrogen functional groups attached to an aromatic ring is 1. The highest BCUT2D eigenvalue weighted by atomic mass is 14.9. The molecule has 0 heterocycles. The molecule has 2 nitrogen and oxygen atoms in total. The number of hydrogen-bond acceptors (Lipinski definition) is 2. The lowest BCUT2D eigenvalue weighted by atomic mass is 9.93. The third-order valence-electron chi connectivity index (χ3n) is 3.50. The van der Waals surface area contributed by atoms with Gasteiger partial charge in [-0.15, -0.1) is 0 Å². The maximum absolute atomic E-state index is 5.73. The fraction of sp³-hybridized carbons (Fsp3) is 0.600. The van der Waals surface area contributed by atoms with Crippen molar-refractivity contribution in [2.24, 2.45) is 5.41 Å². The monoisotopic (exact) mass is 232 g/mol. The minimum absolute atomic E-state index is 0.358. The summed E-state index contributed by atoms with van der Waals surface area (Å²) in [4.78, 5) is 0. The van der Waals surface area contributed by atoms with Gasteiger partial charge >= 0.3 is 0 Å². The van der Waals surface area contributed by atoms with Crippen LogP contribution < -0.4 is 11.1 Å². The van der Waals surface area contributed by atoms with Crippen LogP contribution in [0.4, 0.5) is 5.69 Å². The fourth-order valence-electron chi connectivity index (χ4n) is 2.23. The molecule has 2 heteroatoms. The van der Waals surface area contributed by atoms with Crippen molar-refractivity contribution in [3.05, 3.63) is 29.8 Å². The van der Waals surface area contributed by atoms with Gasteiger partial charge in [0.2, 0.25) is 0 Å². The Hall–Kier alpha value is -1.02. The maximum Gasteiger partial charge on any atom is 0.0314 e. The summed E-state index contributed by atoms with van der Waals surface area (Å²) in [5.41, 5.74) is 8.77. The molecule has 1 saturated carbocycles. The molecule has 0 atom stereocenters. The van der Waals surface area contributed by atoms with Crippen LogP contribution in [0, 0.1) is 5.41 Å². The van der Waals surface area contributed by atoms with Gasteiger partial charge in [-0.1, -0.05) is 32.9 Å². The first kappa shape index (κ1) is 12.4. The summed E-state index contributed by atoms with van der Waals surface area (Å²) in [5.74, 6) is 0. The first-order valence-corrected chi connectivity index (χ1v) is 6.48. The summed E-state index contributed by atoms with van der Waals surface area (Å²) >= 11 is 0. The van der Waals surface area contributed by atoms with Crippen LogP contribution in [0.25, 0.3) is 0 Å². The predicted molar refractivity (Wildman–Crippen MR) is 74.1 cm³/mol. The summed E-state index contributed by atoms with van der Waals surface area (Å²) in [7, 11) is 0. The average Bonchev–Trinajstić information content (AvgIpc) is 2.98. The number of nitrogens with one attached hydrogen (secondary N) is 1. The molecule has 3 N–H and O–H groups in total. The van der Waals surface area contributed by atoms with Gasteiger partial charge in [0, 0.05) is 24.2 Å². The Bertz CT molecular complexity index is 369. The van der Waals surface area contributed by atoms with Gasteiger partial charge in [0.15, 0.2) is 0 Å². The quantitative estimate of drug-likeness (QED) is 0.783. The molecule has 0 amide bonds. The molecule has 1 fully saturated rings. The molecule has 1 aliphatic carbocycles. The van der Waals surface area contributed by atoms with Crippen molar-refractivity contribution in [2.75, 3.05) is 18.8 Å². The van der Waals surface area contributed by atoms with Crippen molar-refractivity contribution in [1.29, 1.82) is 0 Å². The molecule has 2 rings (SSSR count). The van der Waals surface area contributed by atoms with Crippen LogP contribution in [-0.4, -0.2) is 13.1 Å². The molecule has 0 aromatic heterocycles. The normalized spacial score (nSPS) is 18.1. The van der Waals surface area contributed by atoms with Crippen LogP contribution in [0.2, 0.25) is 0 Å². The number of benzene rings is 1. The lowest BCUT2D eigenvalue weighted by Gasteiger charge is -2.22. The second kappa shape index (κ2) is 4.34. The number of rotatable bonds is 4. The summed E-state index contributed by atoms with van der Waals surface area (Å²) < 4.78 is 0. The van der Waals surface area contributed by atoms with E-state index in [4.69, 9.17) is 5.73 Å². The zero-order chi connectivity index (χ0) is 12.5. The second-order valence-electron chi connectivity index (χ2n) is 6.57. The van der Waals surface area contributed by atoms with Crippen molar-refractivity contribution in [3.8, 4) is 0 Å². The molecule has 0 saturated heterocycles. The van der Waals surface area contributed by atoms with Crippen molar-refractivity contribution in [1.82, 2.24) is 5.32 Å². The number of anilines is 1. The number of hydrogen-bond donors (Lipinski definition) is 2. The van der Waals surface area contributed by atoms with Gasteiger partial charge in [-0.05, 0) is 36.0 Å². The Morgan fingerprint density at radius 2 is 1.76 bits per heavy atom. The largest absolute Gasteiger partial charge is 0.399 e. The van der Waals surface area contributed by atoms with Crippen LogP contribution in [0.5, 0.6) is 0 Å². The summed E-state index contributed by atoms with van der Waals surface area (Å²) in [6.45, 7) is 8.96. The smallest absolute Gasteiger partial charge is 0.0314 e. The van der Waals surface area contributed by atoms with Gasteiger partial charge in [-0.2, -0.15) is 0 Å². The molecule has 1 aliphatic rings. The Balaban J connectivity index is 1.94. The van der Waals surface area contributed by atoms with Gasteiger partial charge in [0.25, 0.3) is 0 Å². The molecule has 0 radical (unpaired) electrons. The first-order valence-electron chi connectivity index (χ1n) is 6.48. The van der Waals surface area contributed by atoms with Gasteiger partial charge in [-0.25, -0.2) is 0 Å². The highest BCUT2D eigenvalue weighted by molar-refractivity contribution is 5.43. The summed E-state index contributed by atoms with van der Waals surface area (Å²) in [5, 5.41) is 3.61. The molecule has 1 aromatic carbocycles. The lowest BCUT2D eigenvalue weighted by Crippen LogP contribution is -2.33. The highest BCUT2D eigenvalue weighted by Crippen LogP contribution is 2.47. The van der Waals surface area contributed by atoms with Crippen LogP contribution >= 0.6 is 0 Å². The molecule has 1 aromatic rings. The van der Waals surface area contributed by atoms with E-state index in [9.17, 15) is 0 Å². The Labute approximate surface area is 105 Å². The third-order valence-corrected chi connectivity index (χ3v) is 3.50. The molecule has 0 aliphatic heterocycles. The topological polar surface area (TPSA) is 38.0 Å². The maximum atomic E-state index is 5.73. The molecule has 0 unspecified atom stereocenters. The molecule has 94 valence electrons. The van der Waals surface area contributed by atoms with E-state index in [1.54, 1.807) is 0 Å². The van der Waals surface area contributed by atoms with Gasteiger partial charge in [0.05, 0.1) is 0 Å². The van der Waals surface area contributed by atoms with Gasteiger partial charge < -0.3 is 11.1 Å². The van der Waals surface area contributed by atoms with Crippen molar-refractivity contribution >= 4 is 5.69 Å². The minimum atomic E-state index is 0.358. The van der Waals surface area contributed by atoms with Crippen LogP contribution in [-0.2, 0) is 5.41 Å². The van der Waals surface area contributed by atoms with E-state index >= 15 is 0 Å². The van der Waals surface area contributed by atoms with Crippen molar-refractivity contribution in [2.45, 2.75) is 39.0 Å². The Morgan fingerprint density at radius 3 is 2.24 bits per heavy atom. The van der Waals surface area contributed by atoms with E-state index < -0.39 is 0 Å². The van der Waals surface area contributed by atoms with E-state index in [2.05, 4.69) is 38.2 Å². The minimum Gasteiger partial charge on any atom is -0.399 e. The van der Waals surface area contributed by atoms with Crippen molar-refractivity contribution in [3.63, 3.8) is 0 Å². The fourth-order valence-corrected chi connectivity index (χ4v) is 2.23. The average molecular weight is 232 g/mol. The van der Waals surface area contributed by atoms with E-state index in [-0.39, 0.29) is 0 Å². The van der Waals surface area contributed by atoms with E-state index in [1.165, 1.54) is 18.4 Å². The molecular formula is C15H24N2. The molecule has 17 heavy (non-hydrogen) atoms. The first-order chi connectivity index (χ1) is 7.91. The zero-order valence-electron chi connectivity index (χ0n) is 11.2. The number of nitrogens with two attached hydrogens (primary N) is 1. The van der Waals surface area contributed by atoms with Gasteiger partial charge in [-0.3, -0.25) is 0 Å². The second-order valence-corrected chi connectivity index (χ2v) is 6.57. The SMILES string of the molecule is CC(C)(C)CNCC1(c2ccc(N)cc2)CC1.